The van der Waals surface area contributed by atoms with Crippen LogP contribution in [0.1, 0.15) is 21.5 Å². The number of nitrogens with one attached hydrogen (secondary N) is 1. The van der Waals surface area contributed by atoms with Crippen molar-refractivity contribution in [3.63, 3.8) is 0 Å². The number of nitriles is 1. The third kappa shape index (κ3) is 2.79. The molecule has 0 saturated carbocycles. The quantitative estimate of drug-likeness (QED) is 0.667. The minimum Gasteiger partial charge on any atom is -0.465 e. The molecule has 5 nitrogen and oxygen atoms in total. The van der Waals surface area contributed by atoms with Gasteiger partial charge in [0.2, 0.25) is 0 Å². The molecule has 0 amide bonds. The van der Waals surface area contributed by atoms with Gasteiger partial charge in [0.15, 0.2) is 0 Å². The maximum absolute atomic E-state index is 11.8. The van der Waals surface area contributed by atoms with E-state index < -0.39 is 5.97 Å². The van der Waals surface area contributed by atoms with E-state index in [9.17, 15) is 10.1 Å². The predicted octanol–water partition coefficient (Wildman–Crippen LogP) is 2.98. The minimum absolute atomic E-state index is 0.322. The first-order chi connectivity index (χ1) is 10.1. The van der Waals surface area contributed by atoms with Crippen LogP contribution < -0.4 is 11.1 Å². The van der Waals surface area contributed by atoms with Crippen molar-refractivity contribution in [2.24, 2.45) is 0 Å². The van der Waals surface area contributed by atoms with Gasteiger partial charge in [-0.1, -0.05) is 18.2 Å². The van der Waals surface area contributed by atoms with Gasteiger partial charge < -0.3 is 15.8 Å². The van der Waals surface area contributed by atoms with E-state index >= 15 is 0 Å². The molecule has 0 radical (unpaired) electrons. The summed E-state index contributed by atoms with van der Waals surface area (Å²) in [5, 5.41) is 12.3. The van der Waals surface area contributed by atoms with Crippen LogP contribution in [0.3, 0.4) is 0 Å². The van der Waals surface area contributed by atoms with Gasteiger partial charge in [-0.15, -0.1) is 0 Å². The molecule has 2 aromatic rings. The molecule has 0 atom stereocenters. The zero-order valence-corrected chi connectivity index (χ0v) is 11.8. The summed E-state index contributed by atoms with van der Waals surface area (Å²) in [6, 6.07) is 12.6. The number of para-hydroxylation sites is 1. The molecule has 0 aliphatic rings. The summed E-state index contributed by atoms with van der Waals surface area (Å²) in [5.41, 5.74) is 9.06. The van der Waals surface area contributed by atoms with E-state index in [2.05, 4.69) is 11.4 Å². The van der Waals surface area contributed by atoms with E-state index in [0.29, 0.717) is 28.2 Å². The number of rotatable bonds is 3. The lowest BCUT2D eigenvalue weighted by molar-refractivity contribution is 0.0602. The standard InChI is InChI=1S/C16H15N3O2/c1-10-5-3-8-14(12(10)9-17)19-15-11(16(20)21-2)6-4-7-13(15)18/h3-8,19H,18H2,1-2H3. The van der Waals surface area contributed by atoms with Crippen LogP contribution in [0.2, 0.25) is 0 Å². The number of ether oxygens (including phenoxy) is 1. The Morgan fingerprint density at radius 2 is 2.00 bits per heavy atom. The monoisotopic (exact) mass is 281 g/mol. The van der Waals surface area contributed by atoms with Crippen LogP contribution in [0.5, 0.6) is 0 Å². The summed E-state index contributed by atoms with van der Waals surface area (Å²) in [4.78, 5) is 11.8. The van der Waals surface area contributed by atoms with Crippen LogP contribution in [-0.2, 0) is 4.74 Å². The Labute approximate surface area is 123 Å². The van der Waals surface area contributed by atoms with Gasteiger partial charge in [-0.3, -0.25) is 0 Å². The average molecular weight is 281 g/mol. The van der Waals surface area contributed by atoms with Crippen LogP contribution in [0.15, 0.2) is 36.4 Å². The topological polar surface area (TPSA) is 88.1 Å². The molecule has 0 bridgehead atoms. The van der Waals surface area contributed by atoms with Gasteiger partial charge in [-0.05, 0) is 30.7 Å². The lowest BCUT2D eigenvalue weighted by Crippen LogP contribution is -2.08. The number of carbonyl (C=O) groups is 1. The third-order valence-corrected chi connectivity index (χ3v) is 3.15. The molecule has 21 heavy (non-hydrogen) atoms. The molecule has 0 fully saturated rings. The summed E-state index contributed by atoms with van der Waals surface area (Å²) in [6.07, 6.45) is 0. The molecule has 0 spiro atoms. The van der Waals surface area contributed by atoms with Crippen molar-refractivity contribution < 1.29 is 9.53 Å². The second-order valence-corrected chi connectivity index (χ2v) is 4.50. The smallest absolute Gasteiger partial charge is 0.340 e. The second kappa shape index (κ2) is 5.97. The lowest BCUT2D eigenvalue weighted by atomic mass is 10.1. The SMILES string of the molecule is COC(=O)c1cccc(N)c1Nc1cccc(C)c1C#N. The van der Waals surface area contributed by atoms with E-state index in [4.69, 9.17) is 10.5 Å². The first-order valence-electron chi connectivity index (χ1n) is 6.32. The minimum atomic E-state index is -0.490. The van der Waals surface area contributed by atoms with Crippen LogP contribution >= 0.6 is 0 Å². The van der Waals surface area contributed by atoms with Crippen molar-refractivity contribution in [3.8, 4) is 6.07 Å². The van der Waals surface area contributed by atoms with Crippen LogP contribution in [0.4, 0.5) is 17.1 Å². The molecule has 106 valence electrons. The Hall–Kier alpha value is -3.00. The van der Waals surface area contributed by atoms with Gasteiger partial charge in [0, 0.05) is 0 Å². The number of benzene rings is 2. The Morgan fingerprint density at radius 3 is 2.67 bits per heavy atom. The molecule has 0 heterocycles. The van der Waals surface area contributed by atoms with Crippen LogP contribution in [-0.4, -0.2) is 13.1 Å². The van der Waals surface area contributed by atoms with Crippen molar-refractivity contribution in [1.82, 2.24) is 0 Å². The summed E-state index contributed by atoms with van der Waals surface area (Å²) < 4.78 is 4.75. The number of esters is 1. The average Bonchev–Trinajstić information content (AvgIpc) is 2.48. The van der Waals surface area contributed by atoms with Crippen molar-refractivity contribution in [2.45, 2.75) is 6.92 Å². The van der Waals surface area contributed by atoms with E-state index in [1.807, 2.05) is 19.1 Å². The number of aryl methyl sites for hydroxylation is 1. The van der Waals surface area contributed by atoms with Gasteiger partial charge in [0.25, 0.3) is 0 Å². The molecule has 0 aliphatic carbocycles. The fraction of sp³-hybridized carbons (Fsp3) is 0.125. The Bertz CT molecular complexity index is 733. The molecule has 5 heteroatoms. The molecule has 2 rings (SSSR count). The fourth-order valence-electron chi connectivity index (χ4n) is 2.04. The van der Waals surface area contributed by atoms with Crippen molar-refractivity contribution in [2.75, 3.05) is 18.2 Å². The summed E-state index contributed by atoms with van der Waals surface area (Å²) in [7, 11) is 1.31. The number of anilines is 3. The van der Waals surface area contributed by atoms with E-state index in [1.54, 1.807) is 24.3 Å². The number of hydrogen-bond acceptors (Lipinski definition) is 5. The van der Waals surface area contributed by atoms with Crippen LogP contribution in [0.25, 0.3) is 0 Å². The number of nitrogen functional groups attached to an aromatic ring is 1. The first kappa shape index (κ1) is 14.4. The Balaban J connectivity index is 2.53. The number of carbonyl (C=O) groups excluding carboxylic acids is 1. The van der Waals surface area contributed by atoms with Gasteiger partial charge in [0.05, 0.1) is 35.3 Å². The summed E-state index contributed by atoms with van der Waals surface area (Å²) in [5.74, 6) is -0.490. The second-order valence-electron chi connectivity index (χ2n) is 4.50. The molecule has 0 aliphatic heterocycles. The highest BCUT2D eigenvalue weighted by atomic mass is 16.5. The predicted molar refractivity (Wildman–Crippen MR) is 81.4 cm³/mol. The zero-order chi connectivity index (χ0) is 15.4. The number of nitrogens with zero attached hydrogens (tertiary/aromatic N) is 1. The molecular formula is C16H15N3O2. The van der Waals surface area contributed by atoms with E-state index in [1.165, 1.54) is 7.11 Å². The van der Waals surface area contributed by atoms with Gasteiger partial charge in [-0.25, -0.2) is 4.79 Å². The maximum atomic E-state index is 11.8. The van der Waals surface area contributed by atoms with E-state index in [-0.39, 0.29) is 0 Å². The molecule has 0 saturated heterocycles. The van der Waals surface area contributed by atoms with Crippen molar-refractivity contribution in [3.05, 3.63) is 53.1 Å². The molecule has 3 N–H and O–H groups in total. The third-order valence-electron chi connectivity index (χ3n) is 3.15. The highest BCUT2D eigenvalue weighted by Crippen LogP contribution is 2.30. The maximum Gasteiger partial charge on any atom is 0.340 e. The van der Waals surface area contributed by atoms with Gasteiger partial charge >= 0.3 is 5.97 Å². The van der Waals surface area contributed by atoms with Crippen LogP contribution in [0, 0.1) is 18.3 Å². The number of nitrogens with two attached hydrogens (primary N) is 1. The molecule has 0 aromatic heterocycles. The largest absolute Gasteiger partial charge is 0.465 e. The number of methoxy groups -OCH3 is 1. The van der Waals surface area contributed by atoms with E-state index in [0.717, 1.165) is 5.56 Å². The highest BCUT2D eigenvalue weighted by Gasteiger charge is 2.15. The summed E-state index contributed by atoms with van der Waals surface area (Å²) >= 11 is 0. The summed E-state index contributed by atoms with van der Waals surface area (Å²) in [6.45, 7) is 1.85. The Kier molecular flexibility index (Phi) is 4.10. The fourth-order valence-corrected chi connectivity index (χ4v) is 2.04. The molecule has 2 aromatic carbocycles. The van der Waals surface area contributed by atoms with Crippen molar-refractivity contribution in [1.29, 1.82) is 5.26 Å². The molecule has 0 unspecified atom stereocenters. The lowest BCUT2D eigenvalue weighted by Gasteiger charge is -2.15. The highest BCUT2D eigenvalue weighted by molar-refractivity contribution is 6.00. The normalized spacial score (nSPS) is 9.76. The Morgan fingerprint density at radius 1 is 1.29 bits per heavy atom. The first-order valence-corrected chi connectivity index (χ1v) is 6.32. The van der Waals surface area contributed by atoms with Gasteiger partial charge in [0.1, 0.15) is 6.07 Å². The molecular weight excluding hydrogens is 266 g/mol. The zero-order valence-electron chi connectivity index (χ0n) is 11.8. The number of hydrogen-bond donors (Lipinski definition) is 2. The van der Waals surface area contributed by atoms with Crippen molar-refractivity contribution >= 4 is 23.0 Å². The van der Waals surface area contributed by atoms with Gasteiger partial charge in [-0.2, -0.15) is 5.26 Å².